The molecule has 2 heterocycles. The SMILES string of the molecule is CCCSc1nc2n(n1)C(c1cc(Br)c(OCc3ccccc3F)c(OC)c1)C(C(C)=O)=C(C)N2. The zero-order valence-electron chi connectivity index (χ0n) is 19.9. The van der Waals surface area contributed by atoms with Gasteiger partial charge in [0.1, 0.15) is 18.5 Å². The number of Topliss-reactive ketones (excluding diaryl/α,β-unsaturated/α-hetero) is 1. The van der Waals surface area contributed by atoms with Gasteiger partial charge in [-0.05, 0) is 60.0 Å². The van der Waals surface area contributed by atoms with Crippen LogP contribution in [0.1, 0.15) is 44.4 Å². The van der Waals surface area contributed by atoms with E-state index in [1.165, 1.54) is 13.2 Å². The summed E-state index contributed by atoms with van der Waals surface area (Å²) in [5.41, 5.74) is 2.52. The second-order valence-corrected chi connectivity index (χ2v) is 9.96. The summed E-state index contributed by atoms with van der Waals surface area (Å²) in [7, 11) is 1.54. The van der Waals surface area contributed by atoms with Crippen molar-refractivity contribution in [3.8, 4) is 11.5 Å². The Morgan fingerprint density at radius 3 is 2.77 bits per heavy atom. The van der Waals surface area contributed by atoms with Crippen LogP contribution in [0.4, 0.5) is 10.3 Å². The number of aromatic nitrogens is 3. The summed E-state index contributed by atoms with van der Waals surface area (Å²) in [6.07, 6.45) is 1.000. The molecule has 1 unspecified atom stereocenters. The molecular formula is C25H26BrFN4O3S. The molecule has 4 rings (SSSR count). The highest BCUT2D eigenvalue weighted by atomic mass is 79.9. The maximum absolute atomic E-state index is 14.1. The molecule has 1 aliphatic heterocycles. The summed E-state index contributed by atoms with van der Waals surface area (Å²) in [5.74, 6) is 1.96. The van der Waals surface area contributed by atoms with Crippen LogP contribution in [0.15, 0.2) is 57.3 Å². The Bertz CT molecular complexity index is 1290. The Hall–Kier alpha value is -2.85. The molecule has 2 aromatic carbocycles. The van der Waals surface area contributed by atoms with Crippen molar-refractivity contribution in [1.82, 2.24) is 14.8 Å². The van der Waals surface area contributed by atoms with E-state index in [-0.39, 0.29) is 18.2 Å². The van der Waals surface area contributed by atoms with Gasteiger partial charge in [0.2, 0.25) is 11.1 Å². The van der Waals surface area contributed by atoms with E-state index in [0.29, 0.717) is 38.2 Å². The average molecular weight is 561 g/mol. The summed E-state index contributed by atoms with van der Waals surface area (Å²) < 4.78 is 28.0. The predicted molar refractivity (Wildman–Crippen MR) is 138 cm³/mol. The molecule has 0 fully saturated rings. The number of carbonyl (C=O) groups excluding carboxylic acids is 1. The fourth-order valence-electron chi connectivity index (χ4n) is 3.95. The van der Waals surface area contributed by atoms with E-state index in [0.717, 1.165) is 23.4 Å². The number of allylic oxidation sites excluding steroid dienone is 2. The number of rotatable bonds is 9. The van der Waals surface area contributed by atoms with Crippen LogP contribution in [-0.2, 0) is 11.4 Å². The van der Waals surface area contributed by atoms with Gasteiger partial charge >= 0.3 is 0 Å². The minimum absolute atomic E-state index is 0.0390. The van der Waals surface area contributed by atoms with Gasteiger partial charge in [0.25, 0.3) is 0 Å². The predicted octanol–water partition coefficient (Wildman–Crippen LogP) is 6.15. The van der Waals surface area contributed by atoms with Crippen molar-refractivity contribution < 1.29 is 18.7 Å². The van der Waals surface area contributed by atoms with Crippen LogP contribution in [0.3, 0.4) is 0 Å². The van der Waals surface area contributed by atoms with E-state index in [1.807, 2.05) is 19.1 Å². The Labute approximate surface area is 216 Å². The van der Waals surface area contributed by atoms with E-state index in [4.69, 9.17) is 14.6 Å². The molecule has 0 bridgehead atoms. The third-order valence-electron chi connectivity index (χ3n) is 5.55. The normalized spacial score (nSPS) is 15.0. The number of nitrogens with one attached hydrogen (secondary N) is 1. The average Bonchev–Trinajstić information content (AvgIpc) is 3.23. The Morgan fingerprint density at radius 1 is 1.31 bits per heavy atom. The first-order valence-corrected chi connectivity index (χ1v) is 12.9. The zero-order chi connectivity index (χ0) is 25.1. The van der Waals surface area contributed by atoms with Crippen LogP contribution in [0.2, 0.25) is 0 Å². The first-order valence-electron chi connectivity index (χ1n) is 11.2. The molecule has 0 aliphatic carbocycles. The topological polar surface area (TPSA) is 78.3 Å². The zero-order valence-corrected chi connectivity index (χ0v) is 22.3. The monoisotopic (exact) mass is 560 g/mol. The maximum atomic E-state index is 14.1. The molecule has 0 amide bonds. The Morgan fingerprint density at radius 2 is 2.09 bits per heavy atom. The van der Waals surface area contributed by atoms with E-state index in [1.54, 1.807) is 41.6 Å². The number of hydrogen-bond donors (Lipinski definition) is 1. The summed E-state index contributed by atoms with van der Waals surface area (Å²) in [6.45, 7) is 5.54. The van der Waals surface area contributed by atoms with Gasteiger partial charge in [0.15, 0.2) is 17.3 Å². The van der Waals surface area contributed by atoms with Crippen LogP contribution >= 0.6 is 27.7 Å². The summed E-state index contributed by atoms with van der Waals surface area (Å²) >= 11 is 5.15. The van der Waals surface area contributed by atoms with Crippen LogP contribution < -0.4 is 14.8 Å². The number of nitrogens with zero attached hydrogens (tertiary/aromatic N) is 3. The molecular weight excluding hydrogens is 535 g/mol. The number of ether oxygens (including phenoxy) is 2. The molecule has 1 atom stereocenters. The number of hydrogen-bond acceptors (Lipinski definition) is 7. The van der Waals surface area contributed by atoms with E-state index >= 15 is 0 Å². The molecule has 1 N–H and O–H groups in total. The molecule has 0 spiro atoms. The largest absolute Gasteiger partial charge is 0.493 e. The third-order valence-corrected chi connectivity index (χ3v) is 7.18. The number of fused-ring (bicyclic) bond motifs is 1. The van der Waals surface area contributed by atoms with E-state index < -0.39 is 6.04 Å². The van der Waals surface area contributed by atoms with Crippen molar-refractivity contribution in [2.24, 2.45) is 0 Å². The van der Waals surface area contributed by atoms with Crippen LogP contribution in [0, 0.1) is 5.82 Å². The van der Waals surface area contributed by atoms with E-state index in [9.17, 15) is 9.18 Å². The number of thioether (sulfide) groups is 1. The number of anilines is 1. The molecule has 1 aromatic heterocycles. The molecule has 3 aromatic rings. The fraction of sp³-hybridized carbons (Fsp3) is 0.320. The Kier molecular flexibility index (Phi) is 7.81. The number of carbonyl (C=O) groups is 1. The van der Waals surface area contributed by atoms with Crippen molar-refractivity contribution in [2.45, 2.75) is 45.0 Å². The first kappa shape index (κ1) is 25.2. The number of methoxy groups -OCH3 is 1. The van der Waals surface area contributed by atoms with Gasteiger partial charge in [-0.1, -0.05) is 36.9 Å². The summed E-state index contributed by atoms with van der Waals surface area (Å²) in [5, 5.41) is 8.56. The molecule has 1 aliphatic rings. The number of benzene rings is 2. The van der Waals surface area contributed by atoms with Gasteiger partial charge in [-0.3, -0.25) is 4.79 Å². The highest BCUT2D eigenvalue weighted by molar-refractivity contribution is 9.10. The van der Waals surface area contributed by atoms with Gasteiger partial charge in [0, 0.05) is 22.6 Å². The van der Waals surface area contributed by atoms with Gasteiger partial charge in [0.05, 0.1) is 11.6 Å². The van der Waals surface area contributed by atoms with Crippen molar-refractivity contribution in [3.63, 3.8) is 0 Å². The minimum Gasteiger partial charge on any atom is -0.493 e. The molecule has 0 saturated heterocycles. The highest BCUT2D eigenvalue weighted by Gasteiger charge is 2.33. The fourth-order valence-corrected chi connectivity index (χ4v) is 5.21. The van der Waals surface area contributed by atoms with Gasteiger partial charge < -0.3 is 14.8 Å². The summed E-state index contributed by atoms with van der Waals surface area (Å²) in [6, 6.07) is 9.65. The number of ketones is 1. The Balaban J connectivity index is 1.75. The standard InChI is InChI=1S/C25H26BrFN4O3S/c1-5-10-35-25-29-24-28-14(2)21(15(3)32)22(31(24)30-25)17-11-18(26)23(20(12-17)33-4)34-13-16-8-6-7-9-19(16)27/h6-9,11-12,22H,5,10,13H2,1-4H3,(H,28,29,30). The van der Waals surface area contributed by atoms with Crippen molar-refractivity contribution in [3.05, 3.63) is 69.1 Å². The number of halogens is 2. The van der Waals surface area contributed by atoms with Gasteiger partial charge in [-0.15, -0.1) is 5.10 Å². The van der Waals surface area contributed by atoms with Gasteiger partial charge in [-0.2, -0.15) is 4.98 Å². The summed E-state index contributed by atoms with van der Waals surface area (Å²) in [4.78, 5) is 17.3. The van der Waals surface area contributed by atoms with E-state index in [2.05, 4.69) is 33.2 Å². The second kappa shape index (κ2) is 10.8. The van der Waals surface area contributed by atoms with Crippen molar-refractivity contribution >= 4 is 39.4 Å². The highest BCUT2D eigenvalue weighted by Crippen LogP contribution is 2.43. The van der Waals surface area contributed by atoms with Crippen LogP contribution in [0.5, 0.6) is 11.5 Å². The maximum Gasteiger partial charge on any atom is 0.227 e. The second-order valence-electron chi connectivity index (χ2n) is 8.05. The lowest BCUT2D eigenvalue weighted by Crippen LogP contribution is -2.28. The molecule has 10 heteroatoms. The van der Waals surface area contributed by atoms with Gasteiger partial charge in [-0.25, -0.2) is 9.07 Å². The van der Waals surface area contributed by atoms with Crippen molar-refractivity contribution in [2.75, 3.05) is 18.2 Å². The molecule has 0 radical (unpaired) electrons. The van der Waals surface area contributed by atoms with Crippen LogP contribution in [-0.4, -0.2) is 33.4 Å². The lowest BCUT2D eigenvalue weighted by atomic mass is 9.93. The lowest BCUT2D eigenvalue weighted by molar-refractivity contribution is -0.114. The smallest absolute Gasteiger partial charge is 0.227 e. The third kappa shape index (κ3) is 5.23. The molecule has 35 heavy (non-hydrogen) atoms. The molecule has 7 nitrogen and oxygen atoms in total. The first-order chi connectivity index (χ1) is 16.8. The lowest BCUT2D eigenvalue weighted by Gasteiger charge is -2.28. The quantitative estimate of drug-likeness (QED) is 0.314. The minimum atomic E-state index is -0.502. The van der Waals surface area contributed by atoms with Crippen molar-refractivity contribution in [1.29, 1.82) is 0 Å². The molecule has 184 valence electrons. The van der Waals surface area contributed by atoms with Crippen LogP contribution in [0.25, 0.3) is 0 Å². The molecule has 0 saturated carbocycles.